The van der Waals surface area contributed by atoms with Gasteiger partial charge in [0.05, 0.1) is 6.20 Å². The Kier molecular flexibility index (Phi) is 5.92. The molecule has 11 heavy (non-hydrogen) atoms. The zero-order valence-electron chi connectivity index (χ0n) is 7.13. The summed E-state index contributed by atoms with van der Waals surface area (Å²) in [5, 5.41) is 0. The lowest BCUT2D eigenvalue weighted by Crippen LogP contribution is -1.72. The topological polar surface area (TPSA) is 24.7 Å². The molecule has 58 valence electrons. The molecule has 2 nitrogen and oxygen atoms in total. The molecule has 0 unspecified atom stereocenters. The van der Waals surface area contributed by atoms with Crippen LogP contribution in [0.3, 0.4) is 0 Å². The van der Waals surface area contributed by atoms with Gasteiger partial charge in [-0.15, -0.1) is 0 Å². The molecule has 0 saturated carbocycles. The normalized spacial score (nSPS) is 12.1. The Bertz CT molecular complexity index is 236. The minimum atomic E-state index is 0.688. The van der Waals surface area contributed by atoms with Gasteiger partial charge in [-0.1, -0.05) is 5.92 Å². The summed E-state index contributed by atoms with van der Waals surface area (Å²) in [5.41, 5.74) is 0.688. The number of hydrogen-bond acceptors (Lipinski definition) is 2. The Hall–Kier alpha value is -1.36. The molecule has 0 heterocycles. The summed E-state index contributed by atoms with van der Waals surface area (Å²) in [5.74, 6) is 5.57. The van der Waals surface area contributed by atoms with Crippen LogP contribution >= 0.6 is 0 Å². The Morgan fingerprint density at radius 1 is 1.27 bits per heavy atom. The van der Waals surface area contributed by atoms with Crippen molar-refractivity contribution >= 4 is 12.4 Å². The van der Waals surface area contributed by atoms with Crippen molar-refractivity contribution in [3.05, 3.63) is 11.9 Å². The summed E-state index contributed by atoms with van der Waals surface area (Å²) in [6, 6.07) is 0. The molecular weight excluding hydrogens is 136 g/mol. The number of allylic oxidation sites excluding steroid dienone is 1. The third-order valence-corrected chi connectivity index (χ3v) is 0.867. The van der Waals surface area contributed by atoms with E-state index in [1.807, 2.05) is 13.8 Å². The average molecular weight is 148 g/mol. The van der Waals surface area contributed by atoms with Gasteiger partial charge in [-0.2, -0.15) is 0 Å². The van der Waals surface area contributed by atoms with Crippen molar-refractivity contribution in [3.63, 3.8) is 0 Å². The Labute approximate surface area is 67.8 Å². The third-order valence-electron chi connectivity index (χ3n) is 0.867. The second-order valence-corrected chi connectivity index (χ2v) is 1.68. The first-order valence-electron chi connectivity index (χ1n) is 3.44. The average Bonchev–Trinajstić information content (AvgIpc) is 2.01. The smallest absolute Gasteiger partial charge is 0.130 e. The molecule has 2 heteroatoms. The number of hydrogen-bond donors (Lipinski definition) is 0. The Balaban J connectivity index is 4.40. The van der Waals surface area contributed by atoms with Crippen LogP contribution in [0.2, 0.25) is 0 Å². The van der Waals surface area contributed by atoms with E-state index < -0.39 is 0 Å². The zero-order valence-corrected chi connectivity index (χ0v) is 7.13. The fraction of sp³-hybridized carbons (Fsp3) is 0.333. The maximum Gasteiger partial charge on any atom is 0.130 e. The monoisotopic (exact) mass is 148 g/mol. The van der Waals surface area contributed by atoms with Gasteiger partial charge in [-0.05, 0) is 26.7 Å². The maximum atomic E-state index is 4.00. The Morgan fingerprint density at radius 2 is 2.00 bits per heavy atom. The fourth-order valence-electron chi connectivity index (χ4n) is 0.510. The van der Waals surface area contributed by atoms with Crippen LogP contribution in [0.25, 0.3) is 0 Å². The summed E-state index contributed by atoms with van der Waals surface area (Å²) >= 11 is 0. The number of nitrogens with zero attached hydrogens (tertiary/aromatic N) is 2. The van der Waals surface area contributed by atoms with E-state index in [2.05, 4.69) is 21.8 Å². The second kappa shape index (κ2) is 6.76. The molecule has 0 aromatic carbocycles. The molecule has 0 aliphatic rings. The summed E-state index contributed by atoms with van der Waals surface area (Å²) in [7, 11) is 0. The van der Waals surface area contributed by atoms with Crippen molar-refractivity contribution in [3.8, 4) is 11.8 Å². The Morgan fingerprint density at radius 3 is 2.45 bits per heavy atom. The van der Waals surface area contributed by atoms with Crippen molar-refractivity contribution in [1.29, 1.82) is 0 Å². The fourth-order valence-corrected chi connectivity index (χ4v) is 0.510. The molecular formula is C9H12N2. The van der Waals surface area contributed by atoms with Crippen molar-refractivity contribution in [1.82, 2.24) is 0 Å². The number of aliphatic imine (C=N–C) groups is 2. The van der Waals surface area contributed by atoms with Crippen LogP contribution in [-0.2, 0) is 0 Å². The molecule has 0 aromatic rings. The molecule has 0 aliphatic heterocycles. The van der Waals surface area contributed by atoms with E-state index in [1.54, 1.807) is 25.6 Å². The van der Waals surface area contributed by atoms with E-state index in [-0.39, 0.29) is 0 Å². The highest BCUT2D eigenvalue weighted by Gasteiger charge is 1.81. The van der Waals surface area contributed by atoms with E-state index in [1.165, 1.54) is 0 Å². The highest BCUT2D eigenvalue weighted by Crippen LogP contribution is 1.93. The SMILES string of the molecule is CC#C/C(=C/N=CC)N=CC. The lowest BCUT2D eigenvalue weighted by Gasteiger charge is -1.84. The van der Waals surface area contributed by atoms with Gasteiger partial charge in [0.2, 0.25) is 0 Å². The molecule has 0 atom stereocenters. The van der Waals surface area contributed by atoms with Gasteiger partial charge in [-0.3, -0.25) is 9.98 Å². The predicted octanol–water partition coefficient (Wildman–Crippen LogP) is 2.03. The molecule has 0 bridgehead atoms. The predicted molar refractivity (Wildman–Crippen MR) is 49.9 cm³/mol. The molecule has 0 radical (unpaired) electrons. The first kappa shape index (κ1) is 9.64. The first-order valence-corrected chi connectivity index (χ1v) is 3.44. The molecule has 0 saturated heterocycles. The van der Waals surface area contributed by atoms with Crippen LogP contribution in [0.15, 0.2) is 21.9 Å². The minimum absolute atomic E-state index is 0.688. The van der Waals surface area contributed by atoms with Crippen LogP contribution in [0, 0.1) is 11.8 Å². The number of rotatable bonds is 2. The van der Waals surface area contributed by atoms with Crippen LogP contribution in [0.5, 0.6) is 0 Å². The van der Waals surface area contributed by atoms with E-state index in [0.29, 0.717) is 5.70 Å². The van der Waals surface area contributed by atoms with E-state index in [4.69, 9.17) is 0 Å². The van der Waals surface area contributed by atoms with Gasteiger partial charge in [-0.25, -0.2) is 0 Å². The second-order valence-electron chi connectivity index (χ2n) is 1.68. The van der Waals surface area contributed by atoms with Crippen molar-refractivity contribution in [2.24, 2.45) is 9.98 Å². The van der Waals surface area contributed by atoms with Crippen LogP contribution in [0.4, 0.5) is 0 Å². The van der Waals surface area contributed by atoms with E-state index >= 15 is 0 Å². The van der Waals surface area contributed by atoms with Gasteiger partial charge in [0.15, 0.2) is 0 Å². The molecule has 0 aliphatic carbocycles. The van der Waals surface area contributed by atoms with Crippen molar-refractivity contribution in [2.45, 2.75) is 20.8 Å². The summed E-state index contributed by atoms with van der Waals surface area (Å²) in [6.07, 6.45) is 5.03. The minimum Gasteiger partial charge on any atom is -0.266 e. The molecule has 0 fully saturated rings. The summed E-state index contributed by atoms with van der Waals surface area (Å²) in [4.78, 5) is 7.91. The molecule has 0 rings (SSSR count). The quantitative estimate of drug-likeness (QED) is 0.423. The zero-order chi connectivity index (χ0) is 8.53. The van der Waals surface area contributed by atoms with Gasteiger partial charge < -0.3 is 0 Å². The van der Waals surface area contributed by atoms with Gasteiger partial charge in [0.1, 0.15) is 5.70 Å². The van der Waals surface area contributed by atoms with Crippen molar-refractivity contribution in [2.75, 3.05) is 0 Å². The van der Waals surface area contributed by atoms with Gasteiger partial charge >= 0.3 is 0 Å². The molecule has 0 N–H and O–H groups in total. The maximum absolute atomic E-state index is 4.00. The highest BCUT2D eigenvalue weighted by atomic mass is 14.8. The molecule has 0 aromatic heterocycles. The molecule has 0 amide bonds. The highest BCUT2D eigenvalue weighted by molar-refractivity contribution is 5.58. The van der Waals surface area contributed by atoms with Crippen LogP contribution < -0.4 is 0 Å². The lowest BCUT2D eigenvalue weighted by molar-refractivity contribution is 1.39. The summed E-state index contributed by atoms with van der Waals surface area (Å²) in [6.45, 7) is 5.47. The molecule has 0 spiro atoms. The van der Waals surface area contributed by atoms with E-state index in [0.717, 1.165) is 0 Å². The van der Waals surface area contributed by atoms with Crippen molar-refractivity contribution < 1.29 is 0 Å². The lowest BCUT2D eigenvalue weighted by atomic mass is 10.4. The van der Waals surface area contributed by atoms with Gasteiger partial charge in [0, 0.05) is 12.4 Å². The third kappa shape index (κ3) is 5.10. The van der Waals surface area contributed by atoms with E-state index in [9.17, 15) is 0 Å². The summed E-state index contributed by atoms with van der Waals surface area (Å²) < 4.78 is 0. The largest absolute Gasteiger partial charge is 0.266 e. The van der Waals surface area contributed by atoms with Crippen LogP contribution in [0.1, 0.15) is 20.8 Å². The first-order chi connectivity index (χ1) is 5.35. The van der Waals surface area contributed by atoms with Crippen LogP contribution in [-0.4, -0.2) is 12.4 Å². The van der Waals surface area contributed by atoms with Gasteiger partial charge in [0.25, 0.3) is 0 Å². The standard InChI is InChI=1S/C9H12N2/c1-4-7-9(11-6-3)8-10-5-2/h5-6,8H,1-3H3/b9-8-,10-5?,11-6?.